The summed E-state index contributed by atoms with van der Waals surface area (Å²) < 4.78 is 16.6. The number of thioether (sulfide) groups is 1. The van der Waals surface area contributed by atoms with E-state index in [1.54, 1.807) is 36.7 Å². The molecule has 0 bridgehead atoms. The van der Waals surface area contributed by atoms with Gasteiger partial charge in [-0.3, -0.25) is 4.79 Å². The molecule has 0 aliphatic rings. The van der Waals surface area contributed by atoms with Crippen molar-refractivity contribution in [3.05, 3.63) is 58.8 Å². The highest BCUT2D eigenvalue weighted by Gasteiger charge is 2.20. The molecular formula is C18H16BrFN4OS. The van der Waals surface area contributed by atoms with Gasteiger partial charge in [-0.2, -0.15) is 0 Å². The van der Waals surface area contributed by atoms with Crippen LogP contribution in [0.1, 0.15) is 6.92 Å². The van der Waals surface area contributed by atoms with Crippen LogP contribution in [0, 0.1) is 5.82 Å². The van der Waals surface area contributed by atoms with Crippen molar-refractivity contribution in [1.29, 1.82) is 0 Å². The Kier molecular flexibility index (Phi) is 5.73. The number of amides is 1. The molecule has 0 saturated carbocycles. The number of anilines is 1. The Bertz CT molecular complexity index is 929. The number of hydrogen-bond donors (Lipinski definition) is 1. The average Bonchev–Trinajstić information content (AvgIpc) is 2.98. The number of carbonyl (C=O) groups excluding carboxylic acids is 1. The number of nitrogens with one attached hydrogen (secondary N) is 1. The average molecular weight is 435 g/mol. The predicted molar refractivity (Wildman–Crippen MR) is 104 cm³/mol. The number of hydrogen-bond acceptors (Lipinski definition) is 4. The zero-order chi connectivity index (χ0) is 18.7. The lowest BCUT2D eigenvalue weighted by Crippen LogP contribution is -2.22. The lowest BCUT2D eigenvalue weighted by molar-refractivity contribution is -0.115. The smallest absolute Gasteiger partial charge is 0.237 e. The van der Waals surface area contributed by atoms with Gasteiger partial charge in [-0.05, 0) is 43.3 Å². The summed E-state index contributed by atoms with van der Waals surface area (Å²) in [6, 6.07) is 13.7. The molecule has 1 aromatic heterocycles. The van der Waals surface area contributed by atoms with E-state index in [4.69, 9.17) is 0 Å². The van der Waals surface area contributed by atoms with Crippen LogP contribution in [0.5, 0.6) is 0 Å². The largest absolute Gasteiger partial charge is 0.325 e. The van der Waals surface area contributed by atoms with Crippen LogP contribution in [0.15, 0.2) is 58.2 Å². The van der Waals surface area contributed by atoms with E-state index in [2.05, 4.69) is 31.4 Å². The molecule has 0 spiro atoms. The number of benzene rings is 2. The van der Waals surface area contributed by atoms with Gasteiger partial charge in [-0.15, -0.1) is 10.2 Å². The topological polar surface area (TPSA) is 59.8 Å². The van der Waals surface area contributed by atoms with Crippen molar-refractivity contribution in [2.75, 3.05) is 5.32 Å². The summed E-state index contributed by atoms with van der Waals surface area (Å²) in [7, 11) is 1.75. The van der Waals surface area contributed by atoms with Crippen LogP contribution >= 0.6 is 27.7 Å². The van der Waals surface area contributed by atoms with Gasteiger partial charge in [0.1, 0.15) is 5.82 Å². The van der Waals surface area contributed by atoms with E-state index >= 15 is 0 Å². The summed E-state index contributed by atoms with van der Waals surface area (Å²) in [6.45, 7) is 1.79. The van der Waals surface area contributed by atoms with Gasteiger partial charge in [0.25, 0.3) is 0 Å². The zero-order valence-corrected chi connectivity index (χ0v) is 16.5. The van der Waals surface area contributed by atoms with Gasteiger partial charge in [0.2, 0.25) is 5.91 Å². The second kappa shape index (κ2) is 8.01. The number of rotatable bonds is 5. The minimum absolute atomic E-state index is 0.146. The summed E-state index contributed by atoms with van der Waals surface area (Å²) in [5.41, 5.74) is 1.09. The van der Waals surface area contributed by atoms with Crippen LogP contribution in [0.25, 0.3) is 11.4 Å². The highest BCUT2D eigenvalue weighted by molar-refractivity contribution is 9.10. The van der Waals surface area contributed by atoms with Gasteiger partial charge in [-0.1, -0.05) is 39.8 Å². The van der Waals surface area contributed by atoms with Crippen molar-refractivity contribution in [2.45, 2.75) is 17.3 Å². The van der Waals surface area contributed by atoms with Crippen molar-refractivity contribution in [3.8, 4) is 11.4 Å². The van der Waals surface area contributed by atoms with Crippen LogP contribution in [0.3, 0.4) is 0 Å². The molecule has 1 N–H and O–H groups in total. The van der Waals surface area contributed by atoms with Gasteiger partial charge in [0, 0.05) is 17.2 Å². The molecule has 0 aliphatic carbocycles. The summed E-state index contributed by atoms with van der Waals surface area (Å²) >= 11 is 4.63. The second-order valence-corrected chi connectivity index (χ2v) is 7.82. The van der Waals surface area contributed by atoms with Crippen molar-refractivity contribution >= 4 is 39.3 Å². The molecular weight excluding hydrogens is 419 g/mol. The monoisotopic (exact) mass is 434 g/mol. The van der Waals surface area contributed by atoms with E-state index in [-0.39, 0.29) is 11.7 Å². The van der Waals surface area contributed by atoms with Gasteiger partial charge in [-0.25, -0.2) is 4.39 Å². The third kappa shape index (κ3) is 4.13. The highest BCUT2D eigenvalue weighted by atomic mass is 79.9. The number of nitrogens with zero attached hydrogens (tertiary/aromatic N) is 3. The Morgan fingerprint density at radius 2 is 1.88 bits per heavy atom. The maximum atomic E-state index is 14.0. The van der Waals surface area contributed by atoms with Gasteiger partial charge in [0.15, 0.2) is 11.0 Å². The molecule has 1 atom stereocenters. The van der Waals surface area contributed by atoms with Crippen LogP contribution in [0.4, 0.5) is 10.1 Å². The Morgan fingerprint density at radius 1 is 1.19 bits per heavy atom. The second-order valence-electron chi connectivity index (χ2n) is 5.60. The molecule has 1 amide bonds. The summed E-state index contributed by atoms with van der Waals surface area (Å²) in [5, 5.41) is 11.2. The quantitative estimate of drug-likeness (QED) is 0.600. The summed E-state index contributed by atoms with van der Waals surface area (Å²) in [4.78, 5) is 12.4. The van der Waals surface area contributed by atoms with Crippen molar-refractivity contribution < 1.29 is 9.18 Å². The van der Waals surface area contributed by atoms with E-state index in [1.165, 1.54) is 17.8 Å². The Morgan fingerprint density at radius 3 is 2.58 bits per heavy atom. The molecule has 1 unspecified atom stereocenters. The first-order valence-corrected chi connectivity index (χ1v) is 9.50. The third-order valence-corrected chi connectivity index (χ3v) is 5.38. The zero-order valence-electron chi connectivity index (χ0n) is 14.1. The Hall–Kier alpha value is -2.19. The van der Waals surface area contributed by atoms with E-state index in [1.807, 2.05) is 24.3 Å². The first kappa shape index (κ1) is 18.6. The molecule has 26 heavy (non-hydrogen) atoms. The maximum absolute atomic E-state index is 14.0. The summed E-state index contributed by atoms with van der Waals surface area (Å²) in [6.07, 6.45) is 0. The molecule has 0 fully saturated rings. The minimum Gasteiger partial charge on any atom is -0.325 e. The predicted octanol–water partition coefficient (Wildman–Crippen LogP) is 4.50. The fourth-order valence-corrected chi connectivity index (χ4v) is 3.36. The first-order chi connectivity index (χ1) is 12.5. The molecule has 1 heterocycles. The molecule has 0 radical (unpaired) electrons. The van der Waals surface area contributed by atoms with E-state index in [0.29, 0.717) is 16.5 Å². The molecule has 8 heteroatoms. The molecule has 2 aromatic carbocycles. The highest BCUT2D eigenvalue weighted by Crippen LogP contribution is 2.27. The maximum Gasteiger partial charge on any atom is 0.237 e. The molecule has 3 rings (SSSR count). The minimum atomic E-state index is -0.394. The first-order valence-electron chi connectivity index (χ1n) is 7.83. The number of aromatic nitrogens is 3. The van der Waals surface area contributed by atoms with Crippen molar-refractivity contribution in [3.63, 3.8) is 0 Å². The Balaban J connectivity index is 1.71. The van der Waals surface area contributed by atoms with Crippen LogP contribution in [-0.4, -0.2) is 25.9 Å². The van der Waals surface area contributed by atoms with E-state index in [9.17, 15) is 9.18 Å². The van der Waals surface area contributed by atoms with Crippen LogP contribution in [0.2, 0.25) is 0 Å². The lowest BCUT2D eigenvalue weighted by atomic mass is 10.2. The van der Waals surface area contributed by atoms with Gasteiger partial charge >= 0.3 is 0 Å². The number of carbonyl (C=O) groups is 1. The number of halogens is 2. The van der Waals surface area contributed by atoms with Gasteiger partial charge < -0.3 is 9.88 Å². The van der Waals surface area contributed by atoms with Crippen LogP contribution < -0.4 is 5.32 Å². The Labute approximate surface area is 163 Å². The van der Waals surface area contributed by atoms with Crippen LogP contribution in [-0.2, 0) is 11.8 Å². The molecule has 134 valence electrons. The van der Waals surface area contributed by atoms with Crippen molar-refractivity contribution in [2.24, 2.45) is 7.05 Å². The molecule has 3 aromatic rings. The fraction of sp³-hybridized carbons (Fsp3) is 0.167. The van der Waals surface area contributed by atoms with Crippen molar-refractivity contribution in [1.82, 2.24) is 14.8 Å². The molecule has 5 nitrogen and oxygen atoms in total. The molecule has 0 aliphatic heterocycles. The van der Waals surface area contributed by atoms with E-state index < -0.39 is 5.25 Å². The third-order valence-electron chi connectivity index (χ3n) is 3.71. The SMILES string of the molecule is CC(Sc1nnc(-c2ccccc2F)n1C)C(=O)Nc1ccc(Br)cc1. The normalized spacial score (nSPS) is 12.0. The van der Waals surface area contributed by atoms with E-state index in [0.717, 1.165) is 10.2 Å². The molecule has 0 saturated heterocycles. The summed E-state index contributed by atoms with van der Waals surface area (Å²) in [5.74, 6) is -0.0838. The standard InChI is InChI=1S/C18H16BrFN4OS/c1-11(17(25)21-13-9-7-12(19)8-10-13)26-18-23-22-16(24(18)2)14-5-3-4-6-15(14)20/h3-11H,1-2H3,(H,21,25). The lowest BCUT2D eigenvalue weighted by Gasteiger charge is -2.12. The fourth-order valence-electron chi connectivity index (χ4n) is 2.28. The van der Waals surface area contributed by atoms with Gasteiger partial charge in [0.05, 0.1) is 10.8 Å².